The normalized spacial score (nSPS) is 37.2. The summed E-state index contributed by atoms with van der Waals surface area (Å²) in [6, 6.07) is 3.14. The third kappa shape index (κ3) is 1.90. The standard InChI is InChI=1S/C18H29N3O4/c1-16(2)14-15(17(3,4)21(16)24-5)18(14,19-8-10-25-11-9-19)20-12(22)6-7-13(20)23/h6-7,14-15,22-23H,8-11H2,1-5H3. The van der Waals surface area contributed by atoms with Crippen LogP contribution in [0.15, 0.2) is 12.1 Å². The van der Waals surface area contributed by atoms with Gasteiger partial charge in [-0.2, -0.15) is 5.06 Å². The summed E-state index contributed by atoms with van der Waals surface area (Å²) in [4.78, 5) is 8.13. The molecule has 4 rings (SSSR count). The Labute approximate surface area is 148 Å². The van der Waals surface area contributed by atoms with Crippen molar-refractivity contribution in [1.82, 2.24) is 14.5 Å². The van der Waals surface area contributed by atoms with Gasteiger partial charge in [0.25, 0.3) is 0 Å². The highest BCUT2D eigenvalue weighted by molar-refractivity contribution is 5.38. The molecule has 0 aromatic carbocycles. The Kier molecular flexibility index (Phi) is 3.52. The van der Waals surface area contributed by atoms with Crippen molar-refractivity contribution in [3.63, 3.8) is 0 Å². The topological polar surface area (TPSA) is 70.3 Å². The second kappa shape index (κ2) is 5.13. The first-order chi connectivity index (χ1) is 11.7. The maximum absolute atomic E-state index is 10.6. The fraction of sp³-hybridized carbons (Fsp3) is 0.778. The molecule has 0 bridgehead atoms. The Hall–Kier alpha value is -1.28. The van der Waals surface area contributed by atoms with Crippen molar-refractivity contribution in [2.24, 2.45) is 11.8 Å². The predicted molar refractivity (Wildman–Crippen MR) is 92.1 cm³/mol. The van der Waals surface area contributed by atoms with Gasteiger partial charge in [-0.1, -0.05) is 0 Å². The Morgan fingerprint density at radius 2 is 1.48 bits per heavy atom. The number of hydrogen-bond donors (Lipinski definition) is 2. The van der Waals surface area contributed by atoms with Crippen LogP contribution in [0.4, 0.5) is 0 Å². The van der Waals surface area contributed by atoms with E-state index in [0.29, 0.717) is 13.2 Å². The average Bonchev–Trinajstić information content (AvgIpc) is 3.11. The monoisotopic (exact) mass is 351 g/mol. The first kappa shape index (κ1) is 17.1. The minimum atomic E-state index is -0.469. The number of nitrogens with zero attached hydrogens (tertiary/aromatic N) is 3. The van der Waals surface area contributed by atoms with E-state index in [2.05, 4.69) is 37.7 Å². The smallest absolute Gasteiger partial charge is 0.195 e. The molecule has 2 atom stereocenters. The fourth-order valence-corrected chi connectivity index (χ4v) is 6.20. The van der Waals surface area contributed by atoms with Crippen molar-refractivity contribution in [3.05, 3.63) is 12.1 Å². The largest absolute Gasteiger partial charge is 0.494 e. The van der Waals surface area contributed by atoms with Crippen molar-refractivity contribution < 1.29 is 19.8 Å². The van der Waals surface area contributed by atoms with Gasteiger partial charge in [-0.15, -0.1) is 0 Å². The zero-order valence-electron chi connectivity index (χ0n) is 15.7. The maximum atomic E-state index is 10.6. The van der Waals surface area contributed by atoms with E-state index in [1.54, 1.807) is 23.8 Å². The molecule has 1 saturated carbocycles. The molecular formula is C18H29N3O4. The third-order valence-electron chi connectivity index (χ3n) is 6.61. The predicted octanol–water partition coefficient (Wildman–Crippen LogP) is 1.56. The number of fused-ring (bicyclic) bond motifs is 1. The van der Waals surface area contributed by atoms with E-state index in [1.807, 2.05) is 0 Å². The molecule has 2 unspecified atom stereocenters. The van der Waals surface area contributed by atoms with Crippen molar-refractivity contribution in [3.8, 4) is 11.8 Å². The molecule has 3 aliphatic rings. The Morgan fingerprint density at radius 1 is 1.00 bits per heavy atom. The molecule has 140 valence electrons. The Bertz CT molecular complexity index is 636. The molecule has 7 heteroatoms. The van der Waals surface area contributed by atoms with Crippen molar-refractivity contribution in [1.29, 1.82) is 0 Å². The Balaban J connectivity index is 1.89. The van der Waals surface area contributed by atoms with Crippen molar-refractivity contribution in [2.75, 3.05) is 33.4 Å². The van der Waals surface area contributed by atoms with E-state index in [-0.39, 0.29) is 34.7 Å². The summed E-state index contributed by atoms with van der Waals surface area (Å²) in [5, 5.41) is 23.2. The minimum absolute atomic E-state index is 0.106. The van der Waals surface area contributed by atoms with Crippen LogP contribution in [0.1, 0.15) is 27.7 Å². The minimum Gasteiger partial charge on any atom is -0.494 e. The van der Waals surface area contributed by atoms with Gasteiger partial charge < -0.3 is 19.8 Å². The van der Waals surface area contributed by atoms with Gasteiger partial charge in [0.1, 0.15) is 5.66 Å². The van der Waals surface area contributed by atoms with Crippen LogP contribution >= 0.6 is 0 Å². The molecule has 7 nitrogen and oxygen atoms in total. The van der Waals surface area contributed by atoms with Crippen LogP contribution in [-0.2, 0) is 15.2 Å². The van der Waals surface area contributed by atoms with E-state index in [1.165, 1.54) is 0 Å². The van der Waals surface area contributed by atoms with Gasteiger partial charge >= 0.3 is 0 Å². The first-order valence-corrected chi connectivity index (χ1v) is 8.99. The molecule has 2 N–H and O–H groups in total. The lowest BCUT2D eigenvalue weighted by molar-refractivity contribution is -0.249. The highest BCUT2D eigenvalue weighted by Crippen LogP contribution is 2.75. The SMILES string of the molecule is CON1C(C)(C)C2C(C1(C)C)C2(N1CCOCC1)n1c(O)ccc1O. The molecule has 1 aliphatic carbocycles. The van der Waals surface area contributed by atoms with Crippen LogP contribution in [-0.4, -0.2) is 69.2 Å². The van der Waals surface area contributed by atoms with Crippen LogP contribution in [0.5, 0.6) is 11.8 Å². The summed E-state index contributed by atoms with van der Waals surface area (Å²) in [5.41, 5.74) is -0.960. The second-order valence-electron chi connectivity index (χ2n) is 8.51. The number of morpholine rings is 1. The average molecular weight is 351 g/mol. The number of hydrogen-bond acceptors (Lipinski definition) is 6. The van der Waals surface area contributed by atoms with Gasteiger partial charge in [0, 0.05) is 48.1 Å². The summed E-state index contributed by atoms with van der Waals surface area (Å²) in [6.07, 6.45) is 0. The first-order valence-electron chi connectivity index (χ1n) is 8.99. The van der Waals surface area contributed by atoms with Crippen molar-refractivity contribution >= 4 is 0 Å². The van der Waals surface area contributed by atoms with E-state index in [9.17, 15) is 10.2 Å². The molecule has 0 amide bonds. The van der Waals surface area contributed by atoms with Crippen molar-refractivity contribution in [2.45, 2.75) is 44.4 Å². The molecule has 2 saturated heterocycles. The number of hydroxylamine groups is 2. The van der Waals surface area contributed by atoms with Gasteiger partial charge in [-0.25, -0.2) is 0 Å². The summed E-state index contributed by atoms with van der Waals surface area (Å²) >= 11 is 0. The molecule has 25 heavy (non-hydrogen) atoms. The molecule has 1 aromatic rings. The van der Waals surface area contributed by atoms with E-state index in [4.69, 9.17) is 9.57 Å². The van der Waals surface area contributed by atoms with Gasteiger partial charge in [0.15, 0.2) is 11.8 Å². The van der Waals surface area contributed by atoms with E-state index >= 15 is 0 Å². The highest BCUT2D eigenvalue weighted by Gasteiger charge is 2.85. The van der Waals surface area contributed by atoms with Crippen LogP contribution in [0.3, 0.4) is 0 Å². The lowest BCUT2D eigenvalue weighted by atomic mass is 9.93. The summed E-state index contributed by atoms with van der Waals surface area (Å²) in [6.45, 7) is 11.6. The quantitative estimate of drug-likeness (QED) is 0.861. The second-order valence-corrected chi connectivity index (χ2v) is 8.51. The van der Waals surface area contributed by atoms with Gasteiger partial charge in [0.05, 0.1) is 20.3 Å². The lowest BCUT2D eigenvalue weighted by Crippen LogP contribution is -2.60. The van der Waals surface area contributed by atoms with Crippen LogP contribution < -0.4 is 0 Å². The van der Waals surface area contributed by atoms with Gasteiger partial charge in [0.2, 0.25) is 0 Å². The summed E-state index contributed by atoms with van der Waals surface area (Å²) < 4.78 is 7.28. The van der Waals surface area contributed by atoms with Crippen LogP contribution in [0.25, 0.3) is 0 Å². The summed E-state index contributed by atoms with van der Waals surface area (Å²) in [5.74, 6) is 0.623. The molecule has 2 aliphatic heterocycles. The lowest BCUT2D eigenvalue weighted by Gasteiger charge is -2.49. The molecule has 1 aromatic heterocycles. The molecule has 3 fully saturated rings. The number of ether oxygens (including phenoxy) is 1. The van der Waals surface area contributed by atoms with Gasteiger partial charge in [-0.05, 0) is 27.7 Å². The van der Waals surface area contributed by atoms with E-state index in [0.717, 1.165) is 13.1 Å². The van der Waals surface area contributed by atoms with Crippen LogP contribution in [0, 0.1) is 11.8 Å². The molecule has 0 spiro atoms. The number of piperidine rings is 1. The number of aromatic hydroxyl groups is 2. The number of rotatable bonds is 3. The number of aromatic nitrogens is 1. The zero-order valence-corrected chi connectivity index (χ0v) is 15.7. The molecule has 0 radical (unpaired) electrons. The van der Waals surface area contributed by atoms with Crippen LogP contribution in [0.2, 0.25) is 0 Å². The molecule has 3 heterocycles. The highest BCUT2D eigenvalue weighted by atomic mass is 16.7. The molecular weight excluding hydrogens is 322 g/mol. The summed E-state index contributed by atoms with van der Waals surface area (Å²) in [7, 11) is 1.72. The Morgan fingerprint density at radius 3 is 1.92 bits per heavy atom. The van der Waals surface area contributed by atoms with E-state index < -0.39 is 5.66 Å². The third-order valence-corrected chi connectivity index (χ3v) is 6.61. The fourth-order valence-electron chi connectivity index (χ4n) is 6.20. The zero-order chi connectivity index (χ0) is 18.2. The maximum Gasteiger partial charge on any atom is 0.195 e. The van der Waals surface area contributed by atoms with Gasteiger partial charge in [-0.3, -0.25) is 9.47 Å².